The van der Waals surface area contributed by atoms with Gasteiger partial charge in [-0.2, -0.15) is 0 Å². The number of carbonyl (C=O) groups excluding carboxylic acids is 1. The summed E-state index contributed by atoms with van der Waals surface area (Å²) in [5.74, 6) is 0.940. The van der Waals surface area contributed by atoms with Crippen LogP contribution in [0.25, 0.3) is 6.08 Å². The molecule has 0 aliphatic carbocycles. The number of allylic oxidation sites excluding steroid dienone is 1. The molecule has 0 spiro atoms. The molecule has 2 aromatic carbocycles. The Morgan fingerprint density at radius 2 is 1.89 bits per heavy atom. The SMILES string of the molecule is CC1CCN(Cc2c(O)ccc3c2O/C(=C\c2ccc(F)cc2)C3=O)CC1. The Bertz CT molecular complexity index is 897. The highest BCUT2D eigenvalue weighted by atomic mass is 19.1. The maximum Gasteiger partial charge on any atom is 0.231 e. The van der Waals surface area contributed by atoms with E-state index in [-0.39, 0.29) is 23.1 Å². The molecule has 0 aromatic heterocycles. The molecule has 0 bridgehead atoms. The van der Waals surface area contributed by atoms with Gasteiger partial charge in [0.05, 0.1) is 11.1 Å². The van der Waals surface area contributed by atoms with E-state index < -0.39 is 0 Å². The summed E-state index contributed by atoms with van der Waals surface area (Å²) in [5, 5.41) is 10.4. The summed E-state index contributed by atoms with van der Waals surface area (Å²) >= 11 is 0. The number of aromatic hydroxyl groups is 1. The van der Waals surface area contributed by atoms with Crippen molar-refractivity contribution in [2.75, 3.05) is 13.1 Å². The molecule has 0 radical (unpaired) electrons. The van der Waals surface area contributed by atoms with Gasteiger partial charge in [0.25, 0.3) is 0 Å². The molecule has 2 aliphatic rings. The van der Waals surface area contributed by atoms with Gasteiger partial charge in [0.2, 0.25) is 5.78 Å². The number of phenols is 1. The molecule has 140 valence electrons. The number of hydrogen-bond acceptors (Lipinski definition) is 4. The molecule has 1 fully saturated rings. The second-order valence-electron chi connectivity index (χ2n) is 7.39. The summed E-state index contributed by atoms with van der Waals surface area (Å²) in [4.78, 5) is 15.0. The Morgan fingerprint density at radius 1 is 1.19 bits per heavy atom. The summed E-state index contributed by atoms with van der Waals surface area (Å²) in [6.07, 6.45) is 3.86. The lowest BCUT2D eigenvalue weighted by Crippen LogP contribution is -2.32. The van der Waals surface area contributed by atoms with Crippen LogP contribution in [0.1, 0.15) is 41.3 Å². The minimum Gasteiger partial charge on any atom is -0.507 e. The molecule has 0 saturated carbocycles. The van der Waals surface area contributed by atoms with E-state index in [9.17, 15) is 14.3 Å². The number of carbonyl (C=O) groups is 1. The lowest BCUT2D eigenvalue weighted by molar-refractivity contribution is 0.101. The zero-order valence-corrected chi connectivity index (χ0v) is 15.2. The Hall–Kier alpha value is -2.66. The van der Waals surface area contributed by atoms with Crippen LogP contribution in [0.5, 0.6) is 11.5 Å². The summed E-state index contributed by atoms with van der Waals surface area (Å²) in [6.45, 7) is 4.75. The van der Waals surface area contributed by atoms with Crippen molar-refractivity contribution in [1.29, 1.82) is 0 Å². The van der Waals surface area contributed by atoms with Gasteiger partial charge in [0, 0.05) is 6.54 Å². The number of nitrogens with zero attached hydrogens (tertiary/aromatic N) is 1. The summed E-state index contributed by atoms with van der Waals surface area (Å²) < 4.78 is 18.9. The smallest absolute Gasteiger partial charge is 0.231 e. The molecule has 2 aromatic rings. The lowest BCUT2D eigenvalue weighted by Gasteiger charge is -2.30. The molecule has 0 unspecified atom stereocenters. The Morgan fingerprint density at radius 3 is 2.59 bits per heavy atom. The maximum atomic E-state index is 13.1. The number of hydrogen-bond donors (Lipinski definition) is 1. The molecular formula is C22H22FNO3. The van der Waals surface area contributed by atoms with Crippen molar-refractivity contribution in [2.45, 2.75) is 26.3 Å². The molecule has 2 heterocycles. The molecule has 4 rings (SSSR count). The van der Waals surface area contributed by atoms with Crippen molar-refractivity contribution in [3.63, 3.8) is 0 Å². The van der Waals surface area contributed by atoms with Crippen LogP contribution in [-0.4, -0.2) is 28.9 Å². The molecule has 0 amide bonds. The van der Waals surface area contributed by atoms with Crippen LogP contribution in [0.3, 0.4) is 0 Å². The first-order valence-corrected chi connectivity index (χ1v) is 9.28. The first kappa shape index (κ1) is 17.7. The van der Waals surface area contributed by atoms with Gasteiger partial charge in [-0.05, 0) is 67.8 Å². The van der Waals surface area contributed by atoms with E-state index in [0.29, 0.717) is 29.0 Å². The number of phenolic OH excluding ortho intramolecular Hbond substituents is 1. The summed E-state index contributed by atoms with van der Waals surface area (Å²) in [7, 11) is 0. The average molecular weight is 367 g/mol. The van der Waals surface area contributed by atoms with Gasteiger partial charge in [-0.15, -0.1) is 0 Å². The number of Topliss-reactive ketones (excluding diaryl/α,β-unsaturated/α-hetero) is 1. The zero-order valence-electron chi connectivity index (χ0n) is 15.2. The van der Waals surface area contributed by atoms with Gasteiger partial charge in [-0.1, -0.05) is 19.1 Å². The van der Waals surface area contributed by atoms with Crippen LogP contribution >= 0.6 is 0 Å². The van der Waals surface area contributed by atoms with Gasteiger partial charge >= 0.3 is 0 Å². The number of piperidine rings is 1. The van der Waals surface area contributed by atoms with Crippen LogP contribution in [-0.2, 0) is 6.54 Å². The number of fused-ring (bicyclic) bond motifs is 1. The molecule has 1 N–H and O–H groups in total. The fourth-order valence-electron chi connectivity index (χ4n) is 3.60. The minimum absolute atomic E-state index is 0.142. The van der Waals surface area contributed by atoms with Crippen LogP contribution < -0.4 is 4.74 Å². The van der Waals surface area contributed by atoms with Gasteiger partial charge in [-0.25, -0.2) is 4.39 Å². The van der Waals surface area contributed by atoms with Gasteiger partial charge in [0.1, 0.15) is 17.3 Å². The zero-order chi connectivity index (χ0) is 19.0. The van der Waals surface area contributed by atoms with E-state index in [1.807, 2.05) is 0 Å². The van der Waals surface area contributed by atoms with E-state index in [4.69, 9.17) is 4.74 Å². The van der Waals surface area contributed by atoms with Gasteiger partial charge < -0.3 is 9.84 Å². The molecule has 0 atom stereocenters. The third-order valence-electron chi connectivity index (χ3n) is 5.34. The van der Waals surface area contributed by atoms with Gasteiger partial charge in [-0.3, -0.25) is 9.69 Å². The fourth-order valence-corrected chi connectivity index (χ4v) is 3.60. The Balaban J connectivity index is 1.61. The quantitative estimate of drug-likeness (QED) is 0.818. The molecule has 1 saturated heterocycles. The highest BCUT2D eigenvalue weighted by Gasteiger charge is 2.32. The van der Waals surface area contributed by atoms with Crippen LogP contribution in [0.2, 0.25) is 0 Å². The second-order valence-corrected chi connectivity index (χ2v) is 7.39. The largest absolute Gasteiger partial charge is 0.507 e. The monoisotopic (exact) mass is 367 g/mol. The normalized spacial score (nSPS) is 19.3. The summed E-state index contributed by atoms with van der Waals surface area (Å²) in [6, 6.07) is 9.02. The number of likely N-dealkylation sites (tertiary alicyclic amines) is 1. The van der Waals surface area contributed by atoms with Crippen LogP contribution in [0.4, 0.5) is 4.39 Å². The lowest BCUT2D eigenvalue weighted by atomic mass is 9.98. The van der Waals surface area contributed by atoms with Crippen molar-refractivity contribution < 1.29 is 19.0 Å². The highest BCUT2D eigenvalue weighted by molar-refractivity contribution is 6.15. The van der Waals surface area contributed by atoms with Crippen molar-refractivity contribution in [1.82, 2.24) is 4.90 Å². The fraction of sp³-hybridized carbons (Fsp3) is 0.318. The van der Waals surface area contributed by atoms with Crippen molar-refractivity contribution in [3.8, 4) is 11.5 Å². The highest BCUT2D eigenvalue weighted by Crippen LogP contribution is 2.40. The number of benzene rings is 2. The molecule has 4 nitrogen and oxygen atoms in total. The Labute approximate surface area is 157 Å². The van der Waals surface area contributed by atoms with Gasteiger partial charge in [0.15, 0.2) is 5.76 Å². The molecular weight excluding hydrogens is 345 g/mol. The predicted octanol–water partition coefficient (Wildman–Crippen LogP) is 4.38. The van der Waals surface area contributed by atoms with Crippen molar-refractivity contribution >= 4 is 11.9 Å². The number of rotatable bonds is 3. The topological polar surface area (TPSA) is 49.8 Å². The Kier molecular flexibility index (Phi) is 4.70. The van der Waals surface area contributed by atoms with E-state index in [1.165, 1.54) is 12.1 Å². The first-order valence-electron chi connectivity index (χ1n) is 9.28. The van der Waals surface area contributed by atoms with E-state index in [0.717, 1.165) is 31.8 Å². The minimum atomic E-state index is -0.331. The first-order chi connectivity index (χ1) is 13.0. The van der Waals surface area contributed by atoms with E-state index in [2.05, 4.69) is 11.8 Å². The third-order valence-corrected chi connectivity index (χ3v) is 5.34. The van der Waals surface area contributed by atoms with E-state index in [1.54, 1.807) is 30.3 Å². The van der Waals surface area contributed by atoms with Crippen molar-refractivity contribution in [2.24, 2.45) is 5.92 Å². The summed E-state index contributed by atoms with van der Waals surface area (Å²) in [5.41, 5.74) is 1.79. The molecule has 5 heteroatoms. The third kappa shape index (κ3) is 3.60. The molecule has 2 aliphatic heterocycles. The van der Waals surface area contributed by atoms with Crippen LogP contribution in [0.15, 0.2) is 42.2 Å². The second kappa shape index (κ2) is 7.16. The maximum absolute atomic E-state index is 13.1. The standard InChI is InChI=1S/C22H22FNO3/c1-14-8-10-24(11-9-14)13-18-19(25)7-6-17-21(26)20(27-22(17)18)12-15-2-4-16(23)5-3-15/h2-7,12,14,25H,8-11,13H2,1H3/b20-12-. The average Bonchev–Trinajstić information content (AvgIpc) is 2.97. The number of halogens is 1. The number of ether oxygens (including phenoxy) is 1. The van der Waals surface area contributed by atoms with Crippen molar-refractivity contribution in [3.05, 3.63) is 64.7 Å². The predicted molar refractivity (Wildman–Crippen MR) is 101 cm³/mol. The number of ketones is 1. The molecule has 27 heavy (non-hydrogen) atoms. The van der Waals surface area contributed by atoms with Crippen LogP contribution in [0, 0.1) is 11.7 Å². The van der Waals surface area contributed by atoms with E-state index >= 15 is 0 Å².